The monoisotopic (exact) mass is 352 g/mol. The second-order valence-corrected chi connectivity index (χ2v) is 4.43. The van der Waals surface area contributed by atoms with Crippen LogP contribution >= 0.6 is 45.8 Å². The molecule has 5 heteroatoms. The summed E-state index contributed by atoms with van der Waals surface area (Å²) in [5.41, 5.74) is 0.832. The molecule has 0 bridgehead atoms. The van der Waals surface area contributed by atoms with Gasteiger partial charge in [-0.15, -0.1) is 0 Å². The first-order valence-corrected chi connectivity index (χ1v) is 5.95. The van der Waals surface area contributed by atoms with Crippen molar-refractivity contribution in [3.63, 3.8) is 0 Å². The molecule has 0 spiro atoms. The van der Waals surface area contributed by atoms with Crippen molar-refractivity contribution in [3.8, 4) is 0 Å². The van der Waals surface area contributed by atoms with Gasteiger partial charge in [-0.25, -0.2) is 0 Å². The highest BCUT2D eigenvalue weighted by molar-refractivity contribution is 14.1. The molecule has 0 unspecified atom stereocenters. The fourth-order valence-corrected chi connectivity index (χ4v) is 2.31. The maximum absolute atomic E-state index is 11.7. The lowest BCUT2D eigenvalue weighted by molar-refractivity contribution is 0.0989. The van der Waals surface area contributed by atoms with E-state index in [0.29, 0.717) is 11.1 Å². The number of fused-ring (bicyclic) bond motifs is 1. The first kappa shape index (κ1) is 11.1. The Morgan fingerprint density at radius 3 is 1.73 bits per heavy atom. The van der Waals surface area contributed by atoms with Gasteiger partial charge in [-0.2, -0.15) is 0 Å². The van der Waals surface area contributed by atoms with Gasteiger partial charge in [0, 0.05) is 11.1 Å². The maximum Gasteiger partial charge on any atom is 0.198 e. The van der Waals surface area contributed by atoms with Crippen molar-refractivity contribution in [3.05, 3.63) is 43.0 Å². The molecule has 0 heterocycles. The number of benzene rings is 1. The molecule has 15 heavy (non-hydrogen) atoms. The van der Waals surface area contributed by atoms with Crippen molar-refractivity contribution in [2.45, 2.75) is 0 Å². The van der Waals surface area contributed by atoms with Gasteiger partial charge in [0.1, 0.15) is 0 Å². The van der Waals surface area contributed by atoms with Gasteiger partial charge in [0.05, 0.1) is 15.6 Å². The van der Waals surface area contributed by atoms with E-state index in [0.717, 1.165) is 0 Å². The second-order valence-electron chi connectivity index (χ2n) is 2.99. The SMILES string of the molecule is O=C1C(=CI)C(=O)c2cc(Cl)c(Cl)cc21. The molecule has 1 aromatic rings. The summed E-state index contributed by atoms with van der Waals surface area (Å²) in [6.45, 7) is 0. The Labute approximate surface area is 109 Å². The molecule has 0 atom stereocenters. The van der Waals surface area contributed by atoms with Crippen LogP contribution in [-0.2, 0) is 0 Å². The van der Waals surface area contributed by atoms with E-state index in [1.807, 2.05) is 22.6 Å². The number of allylic oxidation sites excluding steroid dienone is 1. The Morgan fingerprint density at radius 1 is 1.00 bits per heavy atom. The van der Waals surface area contributed by atoms with Crippen LogP contribution in [0, 0.1) is 0 Å². The molecule has 2 nitrogen and oxygen atoms in total. The number of halogens is 3. The second kappa shape index (κ2) is 3.88. The largest absolute Gasteiger partial charge is 0.288 e. The molecule has 0 fully saturated rings. The topological polar surface area (TPSA) is 34.1 Å². The van der Waals surface area contributed by atoms with Crippen molar-refractivity contribution in [2.24, 2.45) is 0 Å². The van der Waals surface area contributed by atoms with E-state index in [1.165, 1.54) is 16.2 Å². The zero-order valence-electron chi connectivity index (χ0n) is 7.18. The number of ketones is 2. The van der Waals surface area contributed by atoms with Gasteiger partial charge < -0.3 is 0 Å². The summed E-state index contributed by atoms with van der Waals surface area (Å²) in [4.78, 5) is 23.4. The molecule has 76 valence electrons. The van der Waals surface area contributed by atoms with Crippen LogP contribution in [0.4, 0.5) is 0 Å². The fraction of sp³-hybridized carbons (Fsp3) is 0. The normalized spacial score (nSPS) is 14.5. The number of carbonyl (C=O) groups excluding carboxylic acids is 2. The molecule has 1 aliphatic rings. The quantitative estimate of drug-likeness (QED) is 0.405. The number of Topliss-reactive ketones (excluding diaryl/α,β-unsaturated/α-hetero) is 2. The zero-order chi connectivity index (χ0) is 11.2. The standard InChI is InChI=1S/C10H3Cl2IO2/c11-7-1-4-5(2-8(7)12)10(15)6(3-13)9(4)14/h1-3H. The summed E-state index contributed by atoms with van der Waals surface area (Å²) in [5, 5.41) is 0.567. The Bertz CT molecular complexity index is 477. The van der Waals surface area contributed by atoms with Gasteiger partial charge in [0.15, 0.2) is 11.6 Å². The van der Waals surface area contributed by atoms with E-state index in [2.05, 4.69) is 0 Å². The lowest BCUT2D eigenvalue weighted by Crippen LogP contribution is -1.98. The first-order valence-electron chi connectivity index (χ1n) is 3.95. The van der Waals surface area contributed by atoms with Gasteiger partial charge in [0.2, 0.25) is 0 Å². The number of carbonyl (C=O) groups is 2. The van der Waals surface area contributed by atoms with Crippen LogP contribution in [0.25, 0.3) is 0 Å². The highest BCUT2D eigenvalue weighted by atomic mass is 127. The van der Waals surface area contributed by atoms with E-state index < -0.39 is 0 Å². The summed E-state index contributed by atoms with van der Waals surface area (Å²) in [7, 11) is 0. The first-order chi connectivity index (χ1) is 7.06. The van der Waals surface area contributed by atoms with Crippen LogP contribution in [-0.4, -0.2) is 11.6 Å². The van der Waals surface area contributed by atoms with E-state index in [4.69, 9.17) is 23.2 Å². The van der Waals surface area contributed by atoms with E-state index >= 15 is 0 Å². The van der Waals surface area contributed by atoms with Crippen LogP contribution in [0.5, 0.6) is 0 Å². The van der Waals surface area contributed by atoms with E-state index in [1.54, 1.807) is 0 Å². The van der Waals surface area contributed by atoms with Gasteiger partial charge in [-0.05, 0) is 16.2 Å². The molecule has 0 aliphatic heterocycles. The highest BCUT2D eigenvalue weighted by Crippen LogP contribution is 2.33. The minimum Gasteiger partial charge on any atom is -0.288 e. The Balaban J connectivity index is 2.74. The predicted molar refractivity (Wildman–Crippen MR) is 67.2 cm³/mol. The van der Waals surface area contributed by atoms with Crippen molar-refractivity contribution < 1.29 is 9.59 Å². The number of rotatable bonds is 0. The molecule has 1 aliphatic carbocycles. The van der Waals surface area contributed by atoms with Crippen molar-refractivity contribution in [1.82, 2.24) is 0 Å². The number of hydrogen-bond acceptors (Lipinski definition) is 2. The van der Waals surface area contributed by atoms with Crippen LogP contribution in [0.1, 0.15) is 20.7 Å². The van der Waals surface area contributed by atoms with Crippen LogP contribution in [0.2, 0.25) is 10.0 Å². The van der Waals surface area contributed by atoms with Crippen molar-refractivity contribution in [2.75, 3.05) is 0 Å². The maximum atomic E-state index is 11.7. The summed E-state index contributed by atoms with van der Waals surface area (Å²) in [6, 6.07) is 2.87. The van der Waals surface area contributed by atoms with Crippen LogP contribution in [0.3, 0.4) is 0 Å². The van der Waals surface area contributed by atoms with Crippen molar-refractivity contribution in [1.29, 1.82) is 0 Å². The Kier molecular flexibility index (Phi) is 2.87. The Hall–Kier alpha value is -0.390. The molecule has 0 saturated heterocycles. The molecule has 0 radical (unpaired) electrons. The molecular weight excluding hydrogens is 350 g/mol. The third-order valence-electron chi connectivity index (χ3n) is 2.15. The third kappa shape index (κ3) is 1.62. The molecule has 1 aromatic carbocycles. The van der Waals surface area contributed by atoms with Gasteiger partial charge in [0.25, 0.3) is 0 Å². The minimum absolute atomic E-state index is 0.170. The van der Waals surface area contributed by atoms with E-state index in [-0.39, 0.29) is 27.2 Å². The Morgan fingerprint density at radius 2 is 1.40 bits per heavy atom. The summed E-state index contributed by atoms with van der Waals surface area (Å²) in [5.74, 6) is -0.578. The van der Waals surface area contributed by atoms with Crippen LogP contribution in [0.15, 0.2) is 21.8 Å². The molecule has 2 rings (SSSR count). The van der Waals surface area contributed by atoms with Gasteiger partial charge in [-0.3, -0.25) is 9.59 Å². The molecule has 0 saturated carbocycles. The lowest BCUT2D eigenvalue weighted by atomic mass is 10.1. The lowest BCUT2D eigenvalue weighted by Gasteiger charge is -1.98. The van der Waals surface area contributed by atoms with Gasteiger partial charge in [-0.1, -0.05) is 45.8 Å². The molecule has 0 N–H and O–H groups in total. The number of hydrogen-bond donors (Lipinski definition) is 0. The average molecular weight is 353 g/mol. The summed E-state index contributed by atoms with van der Waals surface area (Å²) < 4.78 is 1.48. The molecular formula is C10H3Cl2IO2. The summed E-state index contributed by atoms with van der Waals surface area (Å²) >= 11 is 13.4. The molecule has 0 amide bonds. The molecule has 0 aromatic heterocycles. The average Bonchev–Trinajstić information content (AvgIpc) is 2.42. The van der Waals surface area contributed by atoms with Crippen LogP contribution < -0.4 is 0 Å². The highest BCUT2D eigenvalue weighted by Gasteiger charge is 2.33. The fourth-order valence-electron chi connectivity index (χ4n) is 1.41. The summed E-state index contributed by atoms with van der Waals surface area (Å²) in [6.07, 6.45) is 0. The van der Waals surface area contributed by atoms with E-state index in [9.17, 15) is 9.59 Å². The van der Waals surface area contributed by atoms with Crippen molar-refractivity contribution >= 4 is 57.4 Å². The third-order valence-corrected chi connectivity index (χ3v) is 3.49. The minimum atomic E-state index is -0.289. The smallest absolute Gasteiger partial charge is 0.198 e. The zero-order valence-corrected chi connectivity index (χ0v) is 10.9. The van der Waals surface area contributed by atoms with Gasteiger partial charge >= 0.3 is 0 Å². The predicted octanol–water partition coefficient (Wildman–Crippen LogP) is 3.69.